The van der Waals surface area contributed by atoms with Gasteiger partial charge >= 0.3 is 0 Å². The van der Waals surface area contributed by atoms with Crippen LogP contribution in [0.2, 0.25) is 0 Å². The summed E-state index contributed by atoms with van der Waals surface area (Å²) in [6.07, 6.45) is 2.52. The lowest BCUT2D eigenvalue weighted by atomic mass is 10.3. The molecule has 2 fully saturated rings. The fourth-order valence-electron chi connectivity index (χ4n) is 1.85. The molecule has 1 atom stereocenters. The molecule has 78 valence electrons. The molecule has 5 heteroatoms. The van der Waals surface area contributed by atoms with E-state index in [0.717, 1.165) is 12.5 Å². The number of likely N-dealkylation sites (N-methyl/N-ethyl adjacent to an activating group) is 1. The van der Waals surface area contributed by atoms with Crippen molar-refractivity contribution in [1.82, 2.24) is 15.3 Å². The zero-order valence-electron chi connectivity index (χ0n) is 8.27. The second-order valence-electron chi connectivity index (χ2n) is 4.04. The van der Waals surface area contributed by atoms with E-state index in [2.05, 4.69) is 5.43 Å². The third-order valence-electron chi connectivity index (χ3n) is 2.80. The second-order valence-corrected chi connectivity index (χ2v) is 4.04. The van der Waals surface area contributed by atoms with E-state index in [1.807, 2.05) is 4.90 Å². The van der Waals surface area contributed by atoms with Crippen molar-refractivity contribution in [1.29, 1.82) is 0 Å². The number of hydrogen-bond acceptors (Lipinski definition) is 5. The van der Waals surface area contributed by atoms with Crippen molar-refractivity contribution in [2.75, 3.05) is 20.3 Å². The zero-order chi connectivity index (χ0) is 10.1. The first-order valence-electron chi connectivity index (χ1n) is 4.92. The van der Waals surface area contributed by atoms with Gasteiger partial charge in [0.1, 0.15) is 6.17 Å². The Balaban J connectivity index is 1.99. The minimum atomic E-state index is -0.395. The van der Waals surface area contributed by atoms with Gasteiger partial charge in [-0.25, -0.2) is 10.4 Å². The first kappa shape index (κ1) is 9.76. The second kappa shape index (κ2) is 3.76. The third-order valence-corrected chi connectivity index (χ3v) is 2.80. The number of hydrazine groups is 1. The Morgan fingerprint density at radius 3 is 2.86 bits per heavy atom. The molecule has 2 aliphatic rings. The van der Waals surface area contributed by atoms with E-state index in [0.29, 0.717) is 13.0 Å². The highest BCUT2D eigenvalue weighted by atomic mass is 16.2. The van der Waals surface area contributed by atoms with Crippen molar-refractivity contribution in [3.8, 4) is 0 Å². The van der Waals surface area contributed by atoms with Crippen molar-refractivity contribution in [2.45, 2.75) is 19.0 Å². The van der Waals surface area contributed by atoms with Crippen LogP contribution in [0.15, 0.2) is 0 Å². The number of Topliss-reactive ketones (excluding diaryl/α,β-unsaturated/α-hetero) is 1. The smallest absolute Gasteiger partial charge is 0.228 e. The Kier molecular flexibility index (Phi) is 2.62. The average Bonchev–Trinajstić information content (AvgIpc) is 2.90. The summed E-state index contributed by atoms with van der Waals surface area (Å²) in [4.78, 5) is 23.8. The van der Waals surface area contributed by atoms with E-state index in [-0.39, 0.29) is 5.78 Å². The summed E-state index contributed by atoms with van der Waals surface area (Å²) in [5, 5.41) is 1.71. The first-order chi connectivity index (χ1) is 6.72. The molecule has 0 aromatic carbocycles. The normalized spacial score (nSPS) is 29.4. The van der Waals surface area contributed by atoms with Crippen LogP contribution in [0.4, 0.5) is 0 Å². The molecule has 0 spiro atoms. The van der Waals surface area contributed by atoms with Gasteiger partial charge in [0.05, 0.1) is 6.67 Å². The molecule has 1 saturated carbocycles. The summed E-state index contributed by atoms with van der Waals surface area (Å²) in [5.41, 5.74) is 3.05. The molecule has 1 aliphatic heterocycles. The number of carbonyl (C=O) groups excluding carboxylic acids is 2. The number of nitrogens with zero attached hydrogens (tertiary/aromatic N) is 2. The molecule has 0 amide bonds. The van der Waals surface area contributed by atoms with Gasteiger partial charge in [-0.1, -0.05) is 0 Å². The molecular weight excluding hydrogens is 182 g/mol. The van der Waals surface area contributed by atoms with E-state index >= 15 is 0 Å². The van der Waals surface area contributed by atoms with E-state index in [4.69, 9.17) is 0 Å². The SMILES string of the molecule is CN1NCN(CC2CC2)C1C(=O)C=O. The minimum absolute atomic E-state index is 0.363. The molecule has 1 heterocycles. The van der Waals surface area contributed by atoms with Gasteiger partial charge in [-0.2, -0.15) is 0 Å². The molecule has 1 unspecified atom stereocenters. The Bertz CT molecular complexity index is 252. The average molecular weight is 197 g/mol. The standard InChI is InChI=1S/C9H15N3O2/c1-11-9(8(14)5-13)12(6-10-11)4-7-2-3-7/h5,7,9-10H,2-4,6H2,1H3. The highest BCUT2D eigenvalue weighted by Crippen LogP contribution is 2.30. The van der Waals surface area contributed by atoms with Crippen LogP contribution in [0.3, 0.4) is 0 Å². The van der Waals surface area contributed by atoms with Crippen LogP contribution in [-0.2, 0) is 9.59 Å². The summed E-state index contributed by atoms with van der Waals surface area (Å²) in [5.74, 6) is 0.364. The van der Waals surface area contributed by atoms with E-state index < -0.39 is 6.17 Å². The molecule has 0 bridgehead atoms. The van der Waals surface area contributed by atoms with Gasteiger partial charge < -0.3 is 0 Å². The number of aldehydes is 1. The van der Waals surface area contributed by atoms with E-state index in [9.17, 15) is 9.59 Å². The fraction of sp³-hybridized carbons (Fsp3) is 0.778. The lowest BCUT2D eigenvalue weighted by Gasteiger charge is -2.23. The molecule has 2 rings (SSSR count). The Labute approximate surface area is 83.0 Å². The van der Waals surface area contributed by atoms with Gasteiger partial charge in [0.2, 0.25) is 5.78 Å². The van der Waals surface area contributed by atoms with Gasteiger partial charge in [-0.3, -0.25) is 14.5 Å². The van der Waals surface area contributed by atoms with Crippen molar-refractivity contribution in [2.24, 2.45) is 5.92 Å². The molecule has 0 aromatic heterocycles. The topological polar surface area (TPSA) is 52.6 Å². The number of hydrogen-bond donors (Lipinski definition) is 1. The van der Waals surface area contributed by atoms with Crippen LogP contribution in [0.1, 0.15) is 12.8 Å². The van der Waals surface area contributed by atoms with Crippen LogP contribution in [0.5, 0.6) is 0 Å². The van der Waals surface area contributed by atoms with Gasteiger partial charge in [0.15, 0.2) is 6.29 Å². The zero-order valence-corrected chi connectivity index (χ0v) is 8.27. The highest BCUT2D eigenvalue weighted by Gasteiger charge is 2.37. The highest BCUT2D eigenvalue weighted by molar-refractivity contribution is 6.27. The molecule has 0 aromatic rings. The lowest BCUT2D eigenvalue weighted by molar-refractivity contribution is -0.136. The number of carbonyl (C=O) groups is 2. The maximum atomic E-state index is 11.3. The van der Waals surface area contributed by atoms with E-state index in [1.165, 1.54) is 12.8 Å². The Morgan fingerprint density at radius 1 is 1.57 bits per heavy atom. The van der Waals surface area contributed by atoms with Crippen molar-refractivity contribution >= 4 is 12.1 Å². The maximum absolute atomic E-state index is 11.3. The summed E-state index contributed by atoms with van der Waals surface area (Å²) in [7, 11) is 1.79. The molecule has 14 heavy (non-hydrogen) atoms. The molecule has 5 nitrogen and oxygen atoms in total. The Hall–Kier alpha value is -0.780. The monoisotopic (exact) mass is 197 g/mol. The third kappa shape index (κ3) is 1.84. The first-order valence-corrected chi connectivity index (χ1v) is 4.92. The lowest BCUT2D eigenvalue weighted by Crippen LogP contribution is -2.45. The molecule has 1 N–H and O–H groups in total. The van der Waals surface area contributed by atoms with Crippen molar-refractivity contribution < 1.29 is 9.59 Å². The van der Waals surface area contributed by atoms with Crippen LogP contribution < -0.4 is 5.43 Å². The molecule has 0 radical (unpaired) electrons. The van der Waals surface area contributed by atoms with Crippen molar-refractivity contribution in [3.63, 3.8) is 0 Å². The van der Waals surface area contributed by atoms with Crippen LogP contribution in [0, 0.1) is 5.92 Å². The van der Waals surface area contributed by atoms with Gasteiger partial charge in [0, 0.05) is 13.6 Å². The summed E-state index contributed by atoms with van der Waals surface area (Å²) >= 11 is 0. The van der Waals surface area contributed by atoms with Crippen molar-refractivity contribution in [3.05, 3.63) is 0 Å². The summed E-state index contributed by atoms with van der Waals surface area (Å²) in [6.45, 7) is 1.58. The summed E-state index contributed by atoms with van der Waals surface area (Å²) < 4.78 is 0. The van der Waals surface area contributed by atoms with Crippen LogP contribution >= 0.6 is 0 Å². The number of rotatable bonds is 4. The van der Waals surface area contributed by atoms with Crippen LogP contribution in [0.25, 0.3) is 0 Å². The summed E-state index contributed by atoms with van der Waals surface area (Å²) in [6, 6.07) is 0. The van der Waals surface area contributed by atoms with Gasteiger partial charge in [-0.05, 0) is 18.8 Å². The number of nitrogens with one attached hydrogen (secondary N) is 1. The minimum Gasteiger partial charge on any atom is -0.294 e. The van der Waals surface area contributed by atoms with Crippen LogP contribution in [-0.4, -0.2) is 48.4 Å². The maximum Gasteiger partial charge on any atom is 0.228 e. The number of ketones is 1. The predicted octanol–water partition coefficient (Wildman–Crippen LogP) is -0.800. The molecule has 1 saturated heterocycles. The van der Waals surface area contributed by atoms with Gasteiger partial charge in [-0.15, -0.1) is 0 Å². The molecule has 1 aliphatic carbocycles. The van der Waals surface area contributed by atoms with Gasteiger partial charge in [0.25, 0.3) is 0 Å². The predicted molar refractivity (Wildman–Crippen MR) is 50.1 cm³/mol. The van der Waals surface area contributed by atoms with E-state index in [1.54, 1.807) is 12.1 Å². The fourth-order valence-corrected chi connectivity index (χ4v) is 1.85. The Morgan fingerprint density at radius 2 is 2.29 bits per heavy atom. The largest absolute Gasteiger partial charge is 0.294 e. The molecular formula is C9H15N3O2. The quantitative estimate of drug-likeness (QED) is 0.472.